The third-order valence-corrected chi connectivity index (χ3v) is 2.62. The summed E-state index contributed by atoms with van der Waals surface area (Å²) in [6.45, 7) is 3.11. The predicted molar refractivity (Wildman–Crippen MR) is 63.8 cm³/mol. The molecule has 2 N–H and O–H groups in total. The molecule has 1 rings (SSSR count). The summed E-state index contributed by atoms with van der Waals surface area (Å²) in [4.78, 5) is 11.3. The van der Waals surface area contributed by atoms with Crippen molar-refractivity contribution < 1.29 is 18.7 Å². The van der Waals surface area contributed by atoms with E-state index in [0.29, 0.717) is 18.9 Å². The Morgan fingerprint density at radius 3 is 2.67 bits per heavy atom. The van der Waals surface area contributed by atoms with Gasteiger partial charge < -0.3 is 10.4 Å². The highest BCUT2D eigenvalue weighted by Gasteiger charge is 2.27. The molecule has 0 fully saturated rings. The Kier molecular flexibility index (Phi) is 4.78. The second-order valence-electron chi connectivity index (χ2n) is 4.42. The fraction of sp³-hybridized carbons (Fsp3) is 0.462. The zero-order chi connectivity index (χ0) is 13.8. The minimum atomic E-state index is -1.57. The van der Waals surface area contributed by atoms with E-state index in [0.717, 1.165) is 6.07 Å². The van der Waals surface area contributed by atoms with Gasteiger partial charge in [0.15, 0.2) is 0 Å². The van der Waals surface area contributed by atoms with E-state index < -0.39 is 17.2 Å². The number of amides is 1. The van der Waals surface area contributed by atoms with E-state index in [-0.39, 0.29) is 18.0 Å². The molecular formula is C13H17F2NO2. The summed E-state index contributed by atoms with van der Waals surface area (Å²) in [7, 11) is 0. The van der Waals surface area contributed by atoms with E-state index in [1.165, 1.54) is 13.0 Å². The van der Waals surface area contributed by atoms with Gasteiger partial charge in [-0.1, -0.05) is 13.0 Å². The lowest BCUT2D eigenvalue weighted by Crippen LogP contribution is -2.39. The van der Waals surface area contributed by atoms with E-state index in [4.69, 9.17) is 0 Å². The first-order valence-electron chi connectivity index (χ1n) is 5.81. The summed E-state index contributed by atoms with van der Waals surface area (Å²) < 4.78 is 26.3. The maximum absolute atomic E-state index is 13.5. The Morgan fingerprint density at radius 2 is 2.11 bits per heavy atom. The summed E-state index contributed by atoms with van der Waals surface area (Å²) >= 11 is 0. The second-order valence-corrected chi connectivity index (χ2v) is 4.42. The molecule has 1 unspecified atom stereocenters. The van der Waals surface area contributed by atoms with Crippen molar-refractivity contribution in [2.45, 2.75) is 32.3 Å². The van der Waals surface area contributed by atoms with Gasteiger partial charge in [-0.2, -0.15) is 0 Å². The molecule has 1 aromatic carbocycles. The zero-order valence-corrected chi connectivity index (χ0v) is 10.5. The third kappa shape index (κ3) is 3.77. The van der Waals surface area contributed by atoms with Gasteiger partial charge in [-0.25, -0.2) is 8.78 Å². The molecule has 18 heavy (non-hydrogen) atoms. The molecule has 1 amide bonds. The van der Waals surface area contributed by atoms with Crippen LogP contribution in [0.15, 0.2) is 18.2 Å². The molecule has 1 atom stereocenters. The Morgan fingerprint density at radius 1 is 1.44 bits per heavy atom. The SMILES string of the molecule is CCCC(=O)NCC(C)(O)c1ccc(F)cc1F. The number of benzene rings is 1. The highest BCUT2D eigenvalue weighted by atomic mass is 19.1. The van der Waals surface area contributed by atoms with Crippen LogP contribution in [0.25, 0.3) is 0 Å². The fourth-order valence-electron chi connectivity index (χ4n) is 1.61. The lowest BCUT2D eigenvalue weighted by atomic mass is 9.95. The molecule has 0 spiro atoms. The lowest BCUT2D eigenvalue weighted by Gasteiger charge is -2.24. The number of nitrogens with one attached hydrogen (secondary N) is 1. The minimum absolute atomic E-state index is 0.0410. The maximum atomic E-state index is 13.5. The van der Waals surface area contributed by atoms with E-state index in [1.807, 2.05) is 6.92 Å². The molecule has 0 aliphatic carbocycles. The minimum Gasteiger partial charge on any atom is -0.383 e. The van der Waals surface area contributed by atoms with Crippen molar-refractivity contribution in [3.05, 3.63) is 35.4 Å². The van der Waals surface area contributed by atoms with Crippen LogP contribution < -0.4 is 5.32 Å². The molecule has 3 nitrogen and oxygen atoms in total. The highest BCUT2D eigenvalue weighted by molar-refractivity contribution is 5.75. The van der Waals surface area contributed by atoms with Crippen molar-refractivity contribution >= 4 is 5.91 Å². The first-order valence-corrected chi connectivity index (χ1v) is 5.81. The monoisotopic (exact) mass is 257 g/mol. The van der Waals surface area contributed by atoms with E-state index in [2.05, 4.69) is 5.32 Å². The number of carbonyl (C=O) groups is 1. The molecule has 0 saturated carbocycles. The van der Waals surface area contributed by atoms with Crippen LogP contribution in [0.2, 0.25) is 0 Å². The average molecular weight is 257 g/mol. The third-order valence-electron chi connectivity index (χ3n) is 2.62. The number of carbonyl (C=O) groups excluding carboxylic acids is 1. The Bertz CT molecular complexity index is 433. The number of hydrogen-bond acceptors (Lipinski definition) is 2. The van der Waals surface area contributed by atoms with Gasteiger partial charge in [0.05, 0.1) is 6.54 Å². The van der Waals surface area contributed by atoms with Crippen LogP contribution in [0.1, 0.15) is 32.3 Å². The highest BCUT2D eigenvalue weighted by Crippen LogP contribution is 2.23. The van der Waals surface area contributed by atoms with Crippen LogP contribution in [0, 0.1) is 11.6 Å². The van der Waals surface area contributed by atoms with Crippen LogP contribution >= 0.6 is 0 Å². The molecule has 0 radical (unpaired) electrons. The number of hydrogen-bond donors (Lipinski definition) is 2. The lowest BCUT2D eigenvalue weighted by molar-refractivity contribution is -0.122. The summed E-state index contributed by atoms with van der Waals surface area (Å²) in [5.41, 5.74) is -1.61. The number of rotatable bonds is 5. The topological polar surface area (TPSA) is 49.3 Å². The van der Waals surface area contributed by atoms with E-state index in [9.17, 15) is 18.7 Å². The van der Waals surface area contributed by atoms with Crippen molar-refractivity contribution in [3.63, 3.8) is 0 Å². The zero-order valence-electron chi connectivity index (χ0n) is 10.5. The van der Waals surface area contributed by atoms with Gasteiger partial charge in [-0.3, -0.25) is 4.79 Å². The number of halogens is 2. The molecular weight excluding hydrogens is 240 g/mol. The first-order chi connectivity index (χ1) is 8.36. The van der Waals surface area contributed by atoms with Crippen molar-refractivity contribution in [2.24, 2.45) is 0 Å². The summed E-state index contributed by atoms with van der Waals surface area (Å²) in [6.07, 6.45) is 1.04. The average Bonchev–Trinajstić information content (AvgIpc) is 2.26. The van der Waals surface area contributed by atoms with E-state index in [1.54, 1.807) is 0 Å². The molecule has 0 aromatic heterocycles. The second kappa shape index (κ2) is 5.91. The fourth-order valence-corrected chi connectivity index (χ4v) is 1.61. The Balaban J connectivity index is 2.76. The quantitative estimate of drug-likeness (QED) is 0.848. The smallest absolute Gasteiger partial charge is 0.220 e. The van der Waals surface area contributed by atoms with Crippen molar-refractivity contribution in [2.75, 3.05) is 6.54 Å². The predicted octanol–water partition coefficient (Wildman–Crippen LogP) is 2.09. The number of aliphatic hydroxyl groups is 1. The molecule has 0 bridgehead atoms. The van der Waals surface area contributed by atoms with Gasteiger partial charge in [0.2, 0.25) is 5.91 Å². The first kappa shape index (κ1) is 14.6. The molecule has 0 heterocycles. The largest absolute Gasteiger partial charge is 0.383 e. The summed E-state index contributed by atoms with van der Waals surface area (Å²) in [6, 6.07) is 2.95. The van der Waals surface area contributed by atoms with E-state index >= 15 is 0 Å². The van der Waals surface area contributed by atoms with Gasteiger partial charge >= 0.3 is 0 Å². The van der Waals surface area contributed by atoms with Gasteiger partial charge in [0.25, 0.3) is 0 Å². The van der Waals surface area contributed by atoms with Crippen LogP contribution in [0.3, 0.4) is 0 Å². The molecule has 0 saturated heterocycles. The Labute approximate surface area is 105 Å². The van der Waals surface area contributed by atoms with Crippen molar-refractivity contribution in [1.82, 2.24) is 5.32 Å². The molecule has 0 aliphatic heterocycles. The molecule has 0 aliphatic rings. The van der Waals surface area contributed by atoms with Crippen molar-refractivity contribution in [3.8, 4) is 0 Å². The van der Waals surface area contributed by atoms with Crippen molar-refractivity contribution in [1.29, 1.82) is 0 Å². The Hall–Kier alpha value is -1.49. The summed E-state index contributed by atoms with van der Waals surface area (Å²) in [5, 5.41) is 12.6. The van der Waals surface area contributed by atoms with Crippen LogP contribution in [-0.4, -0.2) is 17.6 Å². The van der Waals surface area contributed by atoms with Crippen LogP contribution in [-0.2, 0) is 10.4 Å². The standard InChI is InChI=1S/C13H17F2NO2/c1-3-4-12(17)16-8-13(2,18)10-6-5-9(14)7-11(10)15/h5-7,18H,3-4,8H2,1-2H3,(H,16,17). The molecule has 100 valence electrons. The van der Waals surface area contributed by atoms with Crippen LogP contribution in [0.4, 0.5) is 8.78 Å². The van der Waals surface area contributed by atoms with Gasteiger partial charge in [0, 0.05) is 18.1 Å². The van der Waals surface area contributed by atoms with Crippen LogP contribution in [0.5, 0.6) is 0 Å². The summed E-state index contributed by atoms with van der Waals surface area (Å²) in [5.74, 6) is -1.74. The maximum Gasteiger partial charge on any atom is 0.220 e. The van der Waals surface area contributed by atoms with Gasteiger partial charge in [-0.15, -0.1) is 0 Å². The normalized spacial score (nSPS) is 14.1. The molecule has 5 heteroatoms. The molecule has 1 aromatic rings. The van der Waals surface area contributed by atoms with Gasteiger partial charge in [-0.05, 0) is 19.4 Å². The van der Waals surface area contributed by atoms with Gasteiger partial charge in [0.1, 0.15) is 17.2 Å².